The molecule has 0 spiro atoms. The molecule has 2 heterocycles. The predicted molar refractivity (Wildman–Crippen MR) is 105 cm³/mol. The average Bonchev–Trinajstić information content (AvgIpc) is 2.61. The fourth-order valence-electron chi connectivity index (χ4n) is 3.53. The molecule has 1 aliphatic rings. The lowest BCUT2D eigenvalue weighted by molar-refractivity contribution is -0.120. The van der Waals surface area contributed by atoms with Crippen LogP contribution in [0.2, 0.25) is 0 Å². The second-order valence-corrected chi connectivity index (χ2v) is 7.94. The number of aryl methyl sites for hydroxylation is 2. The first-order valence-electron chi connectivity index (χ1n) is 9.43. The van der Waals surface area contributed by atoms with Crippen molar-refractivity contribution in [2.45, 2.75) is 58.7 Å². The van der Waals surface area contributed by atoms with Gasteiger partial charge in [-0.15, -0.1) is 0 Å². The Hall–Kier alpha value is -2.54. The molecule has 152 valence electrons. The van der Waals surface area contributed by atoms with Gasteiger partial charge in [0.15, 0.2) is 0 Å². The molecular weight excluding hydrogens is 362 g/mol. The van der Waals surface area contributed by atoms with Crippen LogP contribution in [0, 0.1) is 6.92 Å². The second kappa shape index (κ2) is 7.47. The molecule has 0 saturated heterocycles. The molecule has 28 heavy (non-hydrogen) atoms. The van der Waals surface area contributed by atoms with Gasteiger partial charge >= 0.3 is 5.63 Å². The van der Waals surface area contributed by atoms with Crippen molar-refractivity contribution in [3.05, 3.63) is 33.2 Å². The number of ether oxygens (including phenoxy) is 2. The highest BCUT2D eigenvalue weighted by Crippen LogP contribution is 2.43. The molecule has 1 aromatic heterocycles. The van der Waals surface area contributed by atoms with Crippen LogP contribution in [0.3, 0.4) is 0 Å². The molecule has 0 bridgehead atoms. The van der Waals surface area contributed by atoms with E-state index < -0.39 is 11.7 Å². The summed E-state index contributed by atoms with van der Waals surface area (Å²) in [7, 11) is 1.55. The van der Waals surface area contributed by atoms with E-state index in [2.05, 4.69) is 5.32 Å². The van der Waals surface area contributed by atoms with Gasteiger partial charge < -0.3 is 24.3 Å². The molecule has 1 aliphatic heterocycles. The Morgan fingerprint density at radius 2 is 2.14 bits per heavy atom. The average molecular weight is 389 g/mol. The van der Waals surface area contributed by atoms with Gasteiger partial charge in [-0.3, -0.25) is 4.79 Å². The summed E-state index contributed by atoms with van der Waals surface area (Å²) >= 11 is 0. The predicted octanol–water partition coefficient (Wildman–Crippen LogP) is 2.25. The molecule has 2 N–H and O–H groups in total. The zero-order chi connectivity index (χ0) is 20.6. The van der Waals surface area contributed by atoms with Gasteiger partial charge in [0.1, 0.15) is 22.7 Å². The van der Waals surface area contributed by atoms with Crippen LogP contribution in [-0.4, -0.2) is 36.4 Å². The van der Waals surface area contributed by atoms with E-state index in [0.717, 1.165) is 18.4 Å². The lowest BCUT2D eigenvalue weighted by atomic mass is 9.91. The van der Waals surface area contributed by atoms with Crippen molar-refractivity contribution < 1.29 is 23.8 Å². The van der Waals surface area contributed by atoms with Gasteiger partial charge in [-0.1, -0.05) is 0 Å². The van der Waals surface area contributed by atoms with Gasteiger partial charge in [0, 0.05) is 18.2 Å². The summed E-state index contributed by atoms with van der Waals surface area (Å²) in [5.74, 6) is 0.849. The first-order chi connectivity index (χ1) is 13.1. The van der Waals surface area contributed by atoms with Crippen molar-refractivity contribution >= 4 is 16.9 Å². The Balaban J connectivity index is 2.11. The maximum atomic E-state index is 12.7. The number of aliphatic hydroxyl groups excluding tert-OH is 1. The molecule has 0 fully saturated rings. The maximum absolute atomic E-state index is 12.7. The van der Waals surface area contributed by atoms with E-state index in [4.69, 9.17) is 13.9 Å². The molecule has 0 unspecified atom stereocenters. The van der Waals surface area contributed by atoms with Crippen molar-refractivity contribution in [2.75, 3.05) is 13.7 Å². The third-order valence-electron chi connectivity index (χ3n) is 5.09. The summed E-state index contributed by atoms with van der Waals surface area (Å²) in [6.45, 7) is 7.53. The number of benzene rings is 1. The van der Waals surface area contributed by atoms with Crippen molar-refractivity contribution in [3.8, 4) is 11.5 Å². The number of methoxy groups -OCH3 is 1. The molecule has 1 aromatic carbocycles. The minimum absolute atomic E-state index is 0.124. The Labute approximate surface area is 163 Å². The topological polar surface area (TPSA) is 98.0 Å². The summed E-state index contributed by atoms with van der Waals surface area (Å²) in [4.78, 5) is 24.8. The number of carbonyl (C=O) groups is 1. The van der Waals surface area contributed by atoms with Gasteiger partial charge in [-0.2, -0.15) is 0 Å². The summed E-state index contributed by atoms with van der Waals surface area (Å²) in [5, 5.41) is 12.6. The van der Waals surface area contributed by atoms with Crippen LogP contribution in [0.5, 0.6) is 11.5 Å². The fourth-order valence-corrected chi connectivity index (χ4v) is 3.53. The number of hydrogen-bond donors (Lipinski definition) is 2. The first-order valence-corrected chi connectivity index (χ1v) is 9.43. The lowest BCUT2D eigenvalue weighted by Gasteiger charge is -2.33. The molecule has 2 aromatic rings. The highest BCUT2D eigenvalue weighted by molar-refractivity contribution is 5.93. The number of carbonyl (C=O) groups excluding carboxylic acids is 1. The highest BCUT2D eigenvalue weighted by atomic mass is 16.5. The Kier molecular flexibility index (Phi) is 5.39. The molecular formula is C21H27NO6. The maximum Gasteiger partial charge on any atom is 0.340 e. The normalized spacial score (nSPS) is 16.2. The van der Waals surface area contributed by atoms with E-state index in [1.54, 1.807) is 21.0 Å². The van der Waals surface area contributed by atoms with Crippen LogP contribution in [0.4, 0.5) is 0 Å². The van der Waals surface area contributed by atoms with Gasteiger partial charge in [-0.05, 0) is 46.1 Å². The van der Waals surface area contributed by atoms with E-state index in [0.29, 0.717) is 28.0 Å². The molecule has 0 saturated carbocycles. The zero-order valence-electron chi connectivity index (χ0n) is 17.0. The zero-order valence-corrected chi connectivity index (χ0v) is 17.0. The van der Waals surface area contributed by atoms with Crippen molar-refractivity contribution in [2.24, 2.45) is 0 Å². The highest BCUT2D eigenvalue weighted by Gasteiger charge is 2.31. The number of nitrogens with one attached hydrogen (secondary N) is 1. The van der Waals surface area contributed by atoms with Gasteiger partial charge in [-0.25, -0.2) is 4.79 Å². The van der Waals surface area contributed by atoms with Crippen LogP contribution in [0.25, 0.3) is 11.0 Å². The van der Waals surface area contributed by atoms with E-state index in [1.807, 2.05) is 19.9 Å². The van der Waals surface area contributed by atoms with Gasteiger partial charge in [0.05, 0.1) is 30.6 Å². The third kappa shape index (κ3) is 3.85. The monoisotopic (exact) mass is 389 g/mol. The minimum atomic E-state index is -0.658. The van der Waals surface area contributed by atoms with E-state index in [1.165, 1.54) is 0 Å². The Bertz CT molecular complexity index is 973. The van der Waals surface area contributed by atoms with Crippen LogP contribution < -0.4 is 20.4 Å². The third-order valence-corrected chi connectivity index (χ3v) is 5.09. The molecule has 0 aliphatic carbocycles. The van der Waals surface area contributed by atoms with Gasteiger partial charge in [0.2, 0.25) is 5.91 Å². The summed E-state index contributed by atoms with van der Waals surface area (Å²) in [5.41, 5.74) is 1.40. The largest absolute Gasteiger partial charge is 0.496 e. The fraction of sp³-hybridized carbons (Fsp3) is 0.524. The number of amides is 1. The van der Waals surface area contributed by atoms with Crippen LogP contribution in [-0.2, 0) is 17.6 Å². The van der Waals surface area contributed by atoms with Crippen molar-refractivity contribution in [1.82, 2.24) is 5.32 Å². The quantitative estimate of drug-likeness (QED) is 0.761. The number of hydrogen-bond acceptors (Lipinski definition) is 6. The number of fused-ring (bicyclic) bond motifs is 3. The Morgan fingerprint density at radius 3 is 2.79 bits per heavy atom. The molecule has 0 radical (unpaired) electrons. The summed E-state index contributed by atoms with van der Waals surface area (Å²) in [6, 6.07) is 1.82. The SMILES string of the molecule is COc1cc2c(c3oc(=O)c(CC(=O)NC[C@H](C)O)c(C)c13)CCC(C)(C)O2. The van der Waals surface area contributed by atoms with E-state index in [9.17, 15) is 14.7 Å². The summed E-state index contributed by atoms with van der Waals surface area (Å²) in [6.07, 6.45) is 0.738. The Morgan fingerprint density at radius 1 is 1.43 bits per heavy atom. The number of rotatable bonds is 5. The van der Waals surface area contributed by atoms with Crippen molar-refractivity contribution in [1.29, 1.82) is 0 Å². The minimum Gasteiger partial charge on any atom is -0.496 e. The van der Waals surface area contributed by atoms with Crippen molar-refractivity contribution in [3.63, 3.8) is 0 Å². The van der Waals surface area contributed by atoms with E-state index in [-0.39, 0.29) is 30.0 Å². The van der Waals surface area contributed by atoms with Crippen LogP contribution in [0.1, 0.15) is 43.9 Å². The summed E-state index contributed by atoms with van der Waals surface area (Å²) < 4.78 is 17.3. The molecule has 1 atom stereocenters. The van der Waals surface area contributed by atoms with E-state index >= 15 is 0 Å². The lowest BCUT2D eigenvalue weighted by Crippen LogP contribution is -2.33. The molecule has 7 nitrogen and oxygen atoms in total. The molecule has 3 rings (SSSR count). The molecule has 1 amide bonds. The second-order valence-electron chi connectivity index (χ2n) is 7.94. The first kappa shape index (κ1) is 20.2. The smallest absolute Gasteiger partial charge is 0.340 e. The van der Waals surface area contributed by atoms with Crippen LogP contribution in [0.15, 0.2) is 15.3 Å². The van der Waals surface area contributed by atoms with Gasteiger partial charge in [0.25, 0.3) is 0 Å². The van der Waals surface area contributed by atoms with Crippen LogP contribution >= 0.6 is 0 Å². The molecule has 7 heteroatoms. The standard InChI is InChI=1S/C21H27NO6/c1-11(23)10-22-17(24)8-14-12(2)18-16(26-5)9-15-13(19(18)27-20(14)25)6-7-21(3,4)28-15/h9,11,23H,6-8,10H2,1-5H3,(H,22,24)/t11-/m0/s1. The number of aliphatic hydroxyl groups is 1.